The van der Waals surface area contributed by atoms with Crippen LogP contribution >= 0.6 is 0 Å². The maximum atomic E-state index is 13.2. The number of hydrogen-bond donors (Lipinski definition) is 0. The summed E-state index contributed by atoms with van der Waals surface area (Å²) in [4.78, 5) is 26.3. The highest BCUT2D eigenvalue weighted by Gasteiger charge is 2.38. The number of carbonyl (C=O) groups excluding carboxylic acids is 2. The highest BCUT2D eigenvalue weighted by Crippen LogP contribution is 2.43. The van der Waals surface area contributed by atoms with Crippen molar-refractivity contribution in [3.8, 4) is 17.2 Å². The first kappa shape index (κ1) is 16.8. The van der Waals surface area contributed by atoms with E-state index >= 15 is 0 Å². The monoisotopic (exact) mass is 338 g/mol. The molecule has 1 aliphatic carbocycles. The Morgan fingerprint density at radius 2 is 1.64 bits per heavy atom. The van der Waals surface area contributed by atoms with Crippen molar-refractivity contribution in [1.29, 1.82) is 0 Å². The van der Waals surface area contributed by atoms with Crippen LogP contribution in [0.1, 0.15) is 37.4 Å². The Morgan fingerprint density at radius 1 is 0.920 bits per heavy atom. The molecule has 0 heterocycles. The lowest BCUT2D eigenvalue weighted by Crippen LogP contribution is -2.24. The summed E-state index contributed by atoms with van der Waals surface area (Å²) in [6.45, 7) is 3.73. The van der Waals surface area contributed by atoms with E-state index in [1.165, 1.54) is 21.3 Å². The van der Waals surface area contributed by atoms with Gasteiger partial charge in [0.05, 0.1) is 38.0 Å². The number of hydrogen-bond acceptors (Lipinski definition) is 5. The van der Waals surface area contributed by atoms with Crippen molar-refractivity contribution in [2.75, 3.05) is 21.3 Å². The maximum absolute atomic E-state index is 13.2. The molecule has 2 aromatic carbocycles. The molecule has 2 aromatic rings. The zero-order valence-corrected chi connectivity index (χ0v) is 14.3. The number of benzene rings is 2. The Kier molecular flexibility index (Phi) is 4.31. The number of allylic oxidation sites excluding steroid dienone is 1. The van der Waals surface area contributed by atoms with Gasteiger partial charge in [0.15, 0.2) is 5.78 Å². The van der Waals surface area contributed by atoms with E-state index in [2.05, 4.69) is 6.58 Å². The Labute approximate surface area is 145 Å². The van der Waals surface area contributed by atoms with Gasteiger partial charge in [-0.2, -0.15) is 0 Å². The summed E-state index contributed by atoms with van der Waals surface area (Å²) in [5.74, 6) is 0.467. The molecular formula is C20H18O5. The van der Waals surface area contributed by atoms with E-state index in [4.69, 9.17) is 14.2 Å². The SMILES string of the molecule is C=CCc1cc(OC)c2c(c1OC)C(=O)c1cccc(OC)c1C2=O. The molecule has 0 saturated carbocycles. The van der Waals surface area contributed by atoms with Gasteiger partial charge in [0.1, 0.15) is 17.2 Å². The summed E-state index contributed by atoms with van der Waals surface area (Å²) in [6, 6.07) is 6.67. The Bertz CT molecular complexity index is 895. The number of ether oxygens (including phenoxy) is 3. The second kappa shape index (κ2) is 6.43. The molecule has 128 valence electrons. The van der Waals surface area contributed by atoms with Crippen LogP contribution in [0.2, 0.25) is 0 Å². The summed E-state index contributed by atoms with van der Waals surface area (Å²) in [5, 5.41) is 0. The second-order valence-electron chi connectivity index (χ2n) is 5.56. The van der Waals surface area contributed by atoms with Crippen molar-refractivity contribution in [3.05, 3.63) is 64.7 Å². The standard InChI is InChI=1S/C20H18O5/c1-5-7-11-10-14(24-3)16-17(20(11)25-4)18(21)12-8-6-9-13(23-2)15(12)19(16)22/h5-6,8-10H,1,7H2,2-4H3. The van der Waals surface area contributed by atoms with Crippen LogP contribution in [0.5, 0.6) is 17.2 Å². The number of fused-ring (bicyclic) bond motifs is 2. The van der Waals surface area contributed by atoms with Gasteiger partial charge in [0.2, 0.25) is 5.78 Å². The van der Waals surface area contributed by atoms with Crippen LogP contribution in [0.15, 0.2) is 36.9 Å². The minimum atomic E-state index is -0.317. The van der Waals surface area contributed by atoms with E-state index < -0.39 is 0 Å². The first-order valence-electron chi connectivity index (χ1n) is 7.74. The fourth-order valence-corrected chi connectivity index (χ4v) is 3.22. The van der Waals surface area contributed by atoms with Gasteiger partial charge in [-0.1, -0.05) is 18.2 Å². The van der Waals surface area contributed by atoms with Crippen molar-refractivity contribution in [3.63, 3.8) is 0 Å². The van der Waals surface area contributed by atoms with Gasteiger partial charge in [-0.25, -0.2) is 0 Å². The molecule has 0 N–H and O–H groups in total. The predicted octanol–water partition coefficient (Wildman–Crippen LogP) is 3.22. The quantitative estimate of drug-likeness (QED) is 0.669. The highest BCUT2D eigenvalue weighted by molar-refractivity contribution is 6.31. The number of ketones is 2. The zero-order chi connectivity index (χ0) is 18.1. The van der Waals surface area contributed by atoms with Gasteiger partial charge < -0.3 is 14.2 Å². The molecule has 5 heteroatoms. The average molecular weight is 338 g/mol. The summed E-state index contributed by atoms with van der Waals surface area (Å²) < 4.78 is 16.2. The third-order valence-corrected chi connectivity index (χ3v) is 4.28. The van der Waals surface area contributed by atoms with Crippen LogP contribution in [0.3, 0.4) is 0 Å². The molecule has 0 bridgehead atoms. The van der Waals surface area contributed by atoms with Gasteiger partial charge >= 0.3 is 0 Å². The van der Waals surface area contributed by atoms with E-state index in [0.717, 1.165) is 5.56 Å². The molecule has 0 spiro atoms. The summed E-state index contributed by atoms with van der Waals surface area (Å²) >= 11 is 0. The zero-order valence-electron chi connectivity index (χ0n) is 14.3. The van der Waals surface area contributed by atoms with Crippen molar-refractivity contribution in [2.45, 2.75) is 6.42 Å². The highest BCUT2D eigenvalue weighted by atomic mass is 16.5. The van der Waals surface area contributed by atoms with Gasteiger partial charge in [0, 0.05) is 11.1 Å². The van der Waals surface area contributed by atoms with Crippen LogP contribution in [-0.4, -0.2) is 32.9 Å². The van der Waals surface area contributed by atoms with Crippen LogP contribution in [0.25, 0.3) is 0 Å². The van der Waals surface area contributed by atoms with Crippen molar-refractivity contribution in [1.82, 2.24) is 0 Å². The first-order chi connectivity index (χ1) is 12.1. The molecule has 0 atom stereocenters. The summed E-state index contributed by atoms with van der Waals surface area (Å²) in [5.41, 5.74) is 1.71. The second-order valence-corrected chi connectivity index (χ2v) is 5.56. The molecule has 5 nitrogen and oxygen atoms in total. The van der Waals surface area contributed by atoms with Crippen LogP contribution in [-0.2, 0) is 6.42 Å². The van der Waals surface area contributed by atoms with E-state index in [1.54, 1.807) is 30.3 Å². The van der Waals surface area contributed by atoms with E-state index in [9.17, 15) is 9.59 Å². The lowest BCUT2D eigenvalue weighted by molar-refractivity contribution is 0.0971. The predicted molar refractivity (Wildman–Crippen MR) is 93.3 cm³/mol. The van der Waals surface area contributed by atoms with E-state index in [-0.39, 0.29) is 28.3 Å². The molecule has 0 fully saturated rings. The van der Waals surface area contributed by atoms with Gasteiger partial charge in [-0.3, -0.25) is 9.59 Å². The molecule has 1 aliphatic rings. The average Bonchev–Trinajstić information content (AvgIpc) is 2.64. The molecule has 0 amide bonds. The smallest absolute Gasteiger partial charge is 0.202 e. The molecule has 0 radical (unpaired) electrons. The Morgan fingerprint density at radius 3 is 2.24 bits per heavy atom. The minimum absolute atomic E-state index is 0.203. The number of methoxy groups -OCH3 is 3. The normalized spacial score (nSPS) is 12.3. The summed E-state index contributed by atoms with van der Waals surface area (Å²) in [6.07, 6.45) is 2.19. The number of rotatable bonds is 5. The Balaban J connectivity index is 2.39. The van der Waals surface area contributed by atoms with Gasteiger partial charge in [0.25, 0.3) is 0 Å². The molecule has 0 aromatic heterocycles. The van der Waals surface area contributed by atoms with Crippen molar-refractivity contribution >= 4 is 11.6 Å². The summed E-state index contributed by atoms with van der Waals surface area (Å²) in [7, 11) is 4.41. The van der Waals surface area contributed by atoms with Gasteiger partial charge in [-0.05, 0) is 18.6 Å². The first-order valence-corrected chi connectivity index (χ1v) is 7.74. The molecular weight excluding hydrogens is 320 g/mol. The van der Waals surface area contributed by atoms with Crippen LogP contribution in [0, 0.1) is 0 Å². The van der Waals surface area contributed by atoms with E-state index in [1.807, 2.05) is 0 Å². The molecule has 3 rings (SSSR count). The lowest BCUT2D eigenvalue weighted by atomic mass is 9.81. The van der Waals surface area contributed by atoms with Crippen LogP contribution < -0.4 is 14.2 Å². The third kappa shape index (κ3) is 2.39. The van der Waals surface area contributed by atoms with Crippen molar-refractivity contribution in [2.24, 2.45) is 0 Å². The Hall–Kier alpha value is -3.08. The number of carbonyl (C=O) groups is 2. The topological polar surface area (TPSA) is 61.8 Å². The van der Waals surface area contributed by atoms with Crippen LogP contribution in [0.4, 0.5) is 0 Å². The van der Waals surface area contributed by atoms with Gasteiger partial charge in [-0.15, -0.1) is 6.58 Å². The van der Waals surface area contributed by atoms with E-state index in [0.29, 0.717) is 29.2 Å². The molecule has 25 heavy (non-hydrogen) atoms. The van der Waals surface area contributed by atoms with Crippen molar-refractivity contribution < 1.29 is 23.8 Å². The molecule has 0 aliphatic heterocycles. The molecule has 0 saturated heterocycles. The molecule has 0 unspecified atom stereocenters. The fourth-order valence-electron chi connectivity index (χ4n) is 3.22. The lowest BCUT2D eigenvalue weighted by Gasteiger charge is -2.24. The fraction of sp³-hybridized carbons (Fsp3) is 0.200. The third-order valence-electron chi connectivity index (χ3n) is 4.28. The maximum Gasteiger partial charge on any atom is 0.202 e. The largest absolute Gasteiger partial charge is 0.496 e. The minimum Gasteiger partial charge on any atom is -0.496 e.